The van der Waals surface area contributed by atoms with E-state index in [0.717, 1.165) is 16.8 Å². The third-order valence-electron chi connectivity index (χ3n) is 5.04. The minimum Gasteiger partial charge on any atom is -0.306 e. The van der Waals surface area contributed by atoms with Crippen LogP contribution in [-0.4, -0.2) is 20.7 Å². The Bertz CT molecular complexity index is 1210. The monoisotopic (exact) mass is 410 g/mol. The fourth-order valence-corrected chi connectivity index (χ4v) is 3.38. The standard InChI is InChI=1S/C25H22N4O2/c1-19(29-24(30)13-12-23(27-29)21-14-16-26-17-15-21)25(31)28(22-10-6-3-7-11-22)18-20-8-4-2-5-9-20/h2-17,19H,18H2,1H3. The molecule has 6 nitrogen and oxygen atoms in total. The molecule has 0 aliphatic heterocycles. The van der Waals surface area contributed by atoms with Gasteiger partial charge in [0.25, 0.3) is 11.5 Å². The summed E-state index contributed by atoms with van der Waals surface area (Å²) in [7, 11) is 0. The van der Waals surface area contributed by atoms with Gasteiger partial charge >= 0.3 is 0 Å². The fourth-order valence-electron chi connectivity index (χ4n) is 3.38. The highest BCUT2D eigenvalue weighted by Gasteiger charge is 2.25. The number of hydrogen-bond acceptors (Lipinski definition) is 4. The number of anilines is 1. The molecule has 1 unspecified atom stereocenters. The molecule has 2 aromatic carbocycles. The first-order chi connectivity index (χ1) is 15.1. The van der Waals surface area contributed by atoms with Gasteiger partial charge in [-0.3, -0.25) is 14.6 Å². The normalized spacial score (nSPS) is 11.6. The van der Waals surface area contributed by atoms with Crippen molar-refractivity contribution in [3.8, 4) is 11.3 Å². The fraction of sp³-hybridized carbons (Fsp3) is 0.120. The topological polar surface area (TPSA) is 68.1 Å². The van der Waals surface area contributed by atoms with E-state index in [1.807, 2.05) is 72.8 Å². The van der Waals surface area contributed by atoms with Crippen molar-refractivity contribution in [1.29, 1.82) is 0 Å². The smallest absolute Gasteiger partial charge is 0.267 e. The number of hydrogen-bond donors (Lipinski definition) is 0. The molecule has 0 spiro atoms. The Morgan fingerprint density at radius 3 is 2.23 bits per heavy atom. The lowest BCUT2D eigenvalue weighted by atomic mass is 10.1. The summed E-state index contributed by atoms with van der Waals surface area (Å²) in [6, 6.07) is 25.2. The largest absolute Gasteiger partial charge is 0.306 e. The van der Waals surface area contributed by atoms with Gasteiger partial charge in [0.05, 0.1) is 12.2 Å². The van der Waals surface area contributed by atoms with Crippen LogP contribution in [-0.2, 0) is 11.3 Å². The van der Waals surface area contributed by atoms with Gasteiger partial charge in [0.1, 0.15) is 6.04 Å². The van der Waals surface area contributed by atoms with Crippen molar-refractivity contribution in [2.75, 3.05) is 4.90 Å². The Morgan fingerprint density at radius 1 is 0.903 bits per heavy atom. The highest BCUT2D eigenvalue weighted by atomic mass is 16.2. The first kappa shape index (κ1) is 20.2. The van der Waals surface area contributed by atoms with Gasteiger partial charge in [-0.2, -0.15) is 5.10 Å². The van der Waals surface area contributed by atoms with Crippen molar-refractivity contribution < 1.29 is 4.79 Å². The molecule has 0 saturated heterocycles. The van der Waals surface area contributed by atoms with Gasteiger partial charge < -0.3 is 4.90 Å². The Labute approximate surface area is 180 Å². The van der Waals surface area contributed by atoms with Gasteiger partial charge in [-0.25, -0.2) is 4.68 Å². The van der Waals surface area contributed by atoms with E-state index in [1.165, 1.54) is 10.7 Å². The predicted octanol–water partition coefficient (Wildman–Crippen LogP) is 4.10. The molecule has 0 aliphatic rings. The number of nitrogens with zero attached hydrogens (tertiary/aromatic N) is 4. The first-order valence-corrected chi connectivity index (χ1v) is 10.0. The van der Waals surface area contributed by atoms with E-state index in [0.29, 0.717) is 12.2 Å². The van der Waals surface area contributed by atoms with Crippen LogP contribution >= 0.6 is 0 Å². The summed E-state index contributed by atoms with van der Waals surface area (Å²) >= 11 is 0. The van der Waals surface area contributed by atoms with Crippen LogP contribution in [0.15, 0.2) is 102 Å². The quantitative estimate of drug-likeness (QED) is 0.480. The zero-order chi connectivity index (χ0) is 21.6. The molecule has 1 amide bonds. The Morgan fingerprint density at radius 2 is 1.55 bits per heavy atom. The molecule has 31 heavy (non-hydrogen) atoms. The summed E-state index contributed by atoms with van der Waals surface area (Å²) in [5, 5.41) is 4.48. The zero-order valence-electron chi connectivity index (χ0n) is 17.1. The van der Waals surface area contributed by atoms with E-state index in [9.17, 15) is 9.59 Å². The van der Waals surface area contributed by atoms with Gasteiger partial charge in [-0.1, -0.05) is 48.5 Å². The van der Waals surface area contributed by atoms with Crippen LogP contribution < -0.4 is 10.5 Å². The molecule has 6 heteroatoms. The summed E-state index contributed by atoms with van der Waals surface area (Å²) in [6.07, 6.45) is 3.33. The second kappa shape index (κ2) is 9.17. The average molecular weight is 410 g/mol. The Hall–Kier alpha value is -4.06. The van der Waals surface area contributed by atoms with Crippen molar-refractivity contribution in [2.45, 2.75) is 19.5 Å². The minimum absolute atomic E-state index is 0.212. The minimum atomic E-state index is -0.779. The van der Waals surface area contributed by atoms with Crippen LogP contribution in [0.5, 0.6) is 0 Å². The first-order valence-electron chi connectivity index (χ1n) is 10.0. The van der Waals surface area contributed by atoms with Crippen molar-refractivity contribution in [2.24, 2.45) is 0 Å². The van der Waals surface area contributed by atoms with Crippen LogP contribution in [0.4, 0.5) is 5.69 Å². The molecule has 0 N–H and O–H groups in total. The molecule has 154 valence electrons. The average Bonchev–Trinajstić information content (AvgIpc) is 2.84. The molecule has 4 rings (SSSR count). The highest BCUT2D eigenvalue weighted by Crippen LogP contribution is 2.21. The second-order valence-electron chi connectivity index (χ2n) is 7.16. The summed E-state index contributed by atoms with van der Waals surface area (Å²) in [4.78, 5) is 31.8. The van der Waals surface area contributed by atoms with Crippen molar-refractivity contribution in [3.05, 3.63) is 113 Å². The molecule has 1 atom stereocenters. The van der Waals surface area contributed by atoms with Gasteiger partial charge in [0, 0.05) is 29.7 Å². The molecule has 0 radical (unpaired) electrons. The van der Waals surface area contributed by atoms with E-state index in [2.05, 4.69) is 10.1 Å². The number of benzene rings is 2. The zero-order valence-corrected chi connectivity index (χ0v) is 17.1. The number of pyridine rings is 1. The molecular weight excluding hydrogens is 388 g/mol. The van der Waals surface area contributed by atoms with Gasteiger partial charge in [0.2, 0.25) is 0 Å². The summed E-state index contributed by atoms with van der Waals surface area (Å²) in [6.45, 7) is 2.10. The van der Waals surface area contributed by atoms with Crippen molar-refractivity contribution >= 4 is 11.6 Å². The van der Waals surface area contributed by atoms with Crippen LogP contribution in [0, 0.1) is 0 Å². The second-order valence-corrected chi connectivity index (χ2v) is 7.16. The van der Waals surface area contributed by atoms with Crippen molar-refractivity contribution in [3.63, 3.8) is 0 Å². The summed E-state index contributed by atoms with van der Waals surface area (Å²) in [5.41, 5.74) is 2.87. The van der Waals surface area contributed by atoms with Crippen LogP contribution in [0.1, 0.15) is 18.5 Å². The molecule has 2 aromatic heterocycles. The molecular formula is C25H22N4O2. The predicted molar refractivity (Wildman–Crippen MR) is 121 cm³/mol. The lowest BCUT2D eigenvalue weighted by molar-refractivity contribution is -0.121. The third kappa shape index (κ3) is 4.59. The van der Waals surface area contributed by atoms with E-state index in [4.69, 9.17) is 0 Å². The van der Waals surface area contributed by atoms with Crippen LogP contribution in [0.3, 0.4) is 0 Å². The van der Waals surface area contributed by atoms with E-state index in [-0.39, 0.29) is 11.5 Å². The molecule has 0 saturated carbocycles. The van der Waals surface area contributed by atoms with Gasteiger partial charge in [-0.15, -0.1) is 0 Å². The van der Waals surface area contributed by atoms with Crippen LogP contribution in [0.25, 0.3) is 11.3 Å². The maximum atomic E-state index is 13.6. The highest BCUT2D eigenvalue weighted by molar-refractivity contribution is 5.95. The molecule has 4 aromatic rings. The van der Waals surface area contributed by atoms with E-state index < -0.39 is 6.04 Å². The molecule has 2 heterocycles. The lowest BCUT2D eigenvalue weighted by Crippen LogP contribution is -2.40. The number of rotatable bonds is 6. The Kier molecular flexibility index (Phi) is 5.98. The SMILES string of the molecule is CC(C(=O)N(Cc1ccccc1)c1ccccc1)n1nc(-c2ccncc2)ccc1=O. The number of carbonyl (C=O) groups is 1. The number of amides is 1. The maximum absolute atomic E-state index is 13.6. The third-order valence-corrected chi connectivity index (χ3v) is 5.04. The number of carbonyl (C=O) groups excluding carboxylic acids is 1. The molecule has 0 fully saturated rings. The number of aromatic nitrogens is 3. The Balaban J connectivity index is 1.69. The molecule has 0 aliphatic carbocycles. The molecule has 0 bridgehead atoms. The number of para-hydroxylation sites is 1. The van der Waals surface area contributed by atoms with Gasteiger partial charge in [-0.05, 0) is 42.8 Å². The van der Waals surface area contributed by atoms with Gasteiger partial charge in [0.15, 0.2) is 0 Å². The van der Waals surface area contributed by atoms with E-state index >= 15 is 0 Å². The lowest BCUT2D eigenvalue weighted by Gasteiger charge is -2.26. The van der Waals surface area contributed by atoms with Crippen molar-refractivity contribution in [1.82, 2.24) is 14.8 Å². The maximum Gasteiger partial charge on any atom is 0.267 e. The van der Waals surface area contributed by atoms with E-state index in [1.54, 1.807) is 30.3 Å². The van der Waals surface area contributed by atoms with Crippen LogP contribution in [0.2, 0.25) is 0 Å². The summed E-state index contributed by atoms with van der Waals surface area (Å²) in [5.74, 6) is -0.212. The summed E-state index contributed by atoms with van der Waals surface area (Å²) < 4.78 is 1.25.